The first-order valence-corrected chi connectivity index (χ1v) is 8.43. The molecular formula is C12H23NO2S. The fourth-order valence-corrected chi connectivity index (χ4v) is 4.70. The van der Waals surface area contributed by atoms with Crippen molar-refractivity contribution in [2.24, 2.45) is 5.92 Å². The molecule has 0 bridgehead atoms. The van der Waals surface area contributed by atoms with Gasteiger partial charge in [0.2, 0.25) is 0 Å². The third-order valence-corrected chi connectivity index (χ3v) is 5.72. The molecule has 4 heteroatoms. The summed E-state index contributed by atoms with van der Waals surface area (Å²) >= 11 is 0. The maximum atomic E-state index is 11.8. The van der Waals surface area contributed by atoms with E-state index in [1.165, 1.54) is 38.5 Å². The lowest BCUT2D eigenvalue weighted by Crippen LogP contribution is -2.40. The van der Waals surface area contributed by atoms with Crippen LogP contribution in [0.4, 0.5) is 0 Å². The summed E-state index contributed by atoms with van der Waals surface area (Å²) in [6.45, 7) is 0.875. The van der Waals surface area contributed by atoms with Crippen LogP contribution in [0.5, 0.6) is 0 Å². The monoisotopic (exact) mass is 245 g/mol. The van der Waals surface area contributed by atoms with Gasteiger partial charge >= 0.3 is 0 Å². The highest BCUT2D eigenvalue weighted by Gasteiger charge is 2.29. The predicted octanol–water partition coefficient (Wildman–Crippen LogP) is 1.73. The van der Waals surface area contributed by atoms with E-state index >= 15 is 0 Å². The second-order valence-electron chi connectivity index (χ2n) is 5.28. The second kappa shape index (κ2) is 5.50. The van der Waals surface area contributed by atoms with Gasteiger partial charge in [-0.3, -0.25) is 0 Å². The van der Waals surface area contributed by atoms with Gasteiger partial charge in [-0.1, -0.05) is 25.7 Å². The molecule has 0 aromatic carbocycles. The smallest absolute Gasteiger partial charge is 0.151 e. The van der Waals surface area contributed by atoms with Crippen LogP contribution in [0.3, 0.4) is 0 Å². The Kier molecular flexibility index (Phi) is 4.25. The minimum Gasteiger partial charge on any atom is -0.313 e. The predicted molar refractivity (Wildman–Crippen MR) is 66.3 cm³/mol. The Hall–Kier alpha value is -0.0900. The molecule has 1 aliphatic carbocycles. The zero-order valence-corrected chi connectivity index (χ0v) is 10.8. The highest BCUT2D eigenvalue weighted by molar-refractivity contribution is 7.91. The fraction of sp³-hybridized carbons (Fsp3) is 1.00. The molecule has 2 aliphatic rings. The van der Waals surface area contributed by atoms with Crippen LogP contribution in [0.15, 0.2) is 0 Å². The van der Waals surface area contributed by atoms with Crippen molar-refractivity contribution in [2.75, 3.05) is 18.1 Å². The van der Waals surface area contributed by atoms with Crippen LogP contribution in [-0.4, -0.2) is 32.5 Å². The van der Waals surface area contributed by atoms with Crippen LogP contribution in [0, 0.1) is 5.92 Å². The summed E-state index contributed by atoms with van der Waals surface area (Å²) in [7, 11) is -2.79. The van der Waals surface area contributed by atoms with Gasteiger partial charge in [0, 0.05) is 6.04 Å². The molecule has 1 saturated heterocycles. The molecule has 0 aromatic heterocycles. The highest BCUT2D eigenvalue weighted by atomic mass is 32.2. The van der Waals surface area contributed by atoms with E-state index in [0.29, 0.717) is 17.4 Å². The molecule has 0 aromatic rings. The van der Waals surface area contributed by atoms with Crippen LogP contribution in [0.25, 0.3) is 0 Å². The Morgan fingerprint density at radius 3 is 2.31 bits per heavy atom. The van der Waals surface area contributed by atoms with Crippen molar-refractivity contribution in [1.82, 2.24) is 5.32 Å². The third-order valence-electron chi connectivity index (χ3n) is 3.94. The molecule has 2 rings (SSSR count). The molecule has 0 radical (unpaired) electrons. The van der Waals surface area contributed by atoms with Crippen LogP contribution < -0.4 is 5.32 Å². The SMILES string of the molecule is O=S1(=O)CCCNC(C2CCCCCC2)C1. The van der Waals surface area contributed by atoms with Crippen molar-refractivity contribution in [3.05, 3.63) is 0 Å². The summed E-state index contributed by atoms with van der Waals surface area (Å²) < 4.78 is 23.5. The summed E-state index contributed by atoms with van der Waals surface area (Å²) in [6, 6.07) is 0.227. The highest BCUT2D eigenvalue weighted by Crippen LogP contribution is 2.27. The molecule has 1 atom stereocenters. The first-order valence-electron chi connectivity index (χ1n) is 6.61. The van der Waals surface area contributed by atoms with E-state index in [1.54, 1.807) is 0 Å². The largest absolute Gasteiger partial charge is 0.313 e. The third kappa shape index (κ3) is 3.45. The summed E-state index contributed by atoms with van der Waals surface area (Å²) in [5.74, 6) is 1.34. The molecule has 16 heavy (non-hydrogen) atoms. The minimum absolute atomic E-state index is 0.227. The van der Waals surface area contributed by atoms with Gasteiger partial charge in [-0.05, 0) is 31.7 Å². The van der Waals surface area contributed by atoms with Gasteiger partial charge in [0.25, 0.3) is 0 Å². The van der Waals surface area contributed by atoms with E-state index in [9.17, 15) is 8.42 Å². The number of rotatable bonds is 1. The van der Waals surface area contributed by atoms with Crippen LogP contribution in [-0.2, 0) is 9.84 Å². The van der Waals surface area contributed by atoms with E-state index in [4.69, 9.17) is 0 Å². The molecule has 1 aliphatic heterocycles. The molecule has 1 N–H and O–H groups in total. The standard InChI is InChI=1S/C12H23NO2S/c14-16(15)9-5-8-13-12(10-16)11-6-3-1-2-4-7-11/h11-13H,1-10H2. The molecule has 94 valence electrons. The maximum absolute atomic E-state index is 11.8. The lowest BCUT2D eigenvalue weighted by Gasteiger charge is -2.25. The average Bonchev–Trinajstić information content (AvgIpc) is 2.57. The first kappa shape index (κ1) is 12.4. The molecule has 3 nitrogen and oxygen atoms in total. The van der Waals surface area contributed by atoms with E-state index in [0.717, 1.165) is 13.0 Å². The van der Waals surface area contributed by atoms with E-state index in [1.807, 2.05) is 0 Å². The van der Waals surface area contributed by atoms with E-state index in [-0.39, 0.29) is 6.04 Å². The Balaban J connectivity index is 2.00. The van der Waals surface area contributed by atoms with Crippen molar-refractivity contribution in [1.29, 1.82) is 0 Å². The lowest BCUT2D eigenvalue weighted by atomic mass is 9.93. The Morgan fingerprint density at radius 1 is 0.938 bits per heavy atom. The van der Waals surface area contributed by atoms with Gasteiger partial charge in [0.1, 0.15) is 0 Å². The lowest BCUT2D eigenvalue weighted by molar-refractivity contribution is 0.344. The number of nitrogens with one attached hydrogen (secondary N) is 1. The molecule has 0 amide bonds. The van der Waals surface area contributed by atoms with E-state index < -0.39 is 9.84 Å². The molecule has 0 spiro atoms. The number of sulfone groups is 1. The number of hydrogen-bond donors (Lipinski definition) is 1. The zero-order valence-electron chi connectivity index (χ0n) is 9.95. The molecule has 2 fully saturated rings. The topological polar surface area (TPSA) is 46.2 Å². The Bertz CT molecular complexity index is 305. The Morgan fingerprint density at radius 2 is 1.62 bits per heavy atom. The van der Waals surface area contributed by atoms with Gasteiger partial charge in [0.05, 0.1) is 11.5 Å². The van der Waals surface area contributed by atoms with E-state index in [2.05, 4.69) is 5.32 Å². The van der Waals surface area contributed by atoms with Crippen molar-refractivity contribution < 1.29 is 8.42 Å². The van der Waals surface area contributed by atoms with Crippen LogP contribution in [0.2, 0.25) is 0 Å². The van der Waals surface area contributed by atoms with Crippen molar-refractivity contribution in [2.45, 2.75) is 51.0 Å². The average molecular weight is 245 g/mol. The summed E-state index contributed by atoms with van der Waals surface area (Å²) in [6.07, 6.45) is 8.43. The Labute approximate surface area is 98.9 Å². The quantitative estimate of drug-likeness (QED) is 0.716. The summed E-state index contributed by atoms with van der Waals surface area (Å²) in [5.41, 5.74) is 0. The molecule has 1 heterocycles. The van der Waals surface area contributed by atoms with Gasteiger partial charge in [0.15, 0.2) is 9.84 Å². The number of hydrogen-bond acceptors (Lipinski definition) is 3. The minimum atomic E-state index is -2.79. The summed E-state index contributed by atoms with van der Waals surface area (Å²) in [5, 5.41) is 3.46. The van der Waals surface area contributed by atoms with Crippen molar-refractivity contribution in [3.8, 4) is 0 Å². The van der Waals surface area contributed by atoms with Gasteiger partial charge < -0.3 is 5.32 Å². The van der Waals surface area contributed by atoms with Gasteiger partial charge in [-0.25, -0.2) is 8.42 Å². The van der Waals surface area contributed by atoms with Gasteiger partial charge in [-0.15, -0.1) is 0 Å². The zero-order chi connectivity index (χ0) is 11.4. The van der Waals surface area contributed by atoms with Crippen LogP contribution >= 0.6 is 0 Å². The van der Waals surface area contributed by atoms with Crippen molar-refractivity contribution in [3.63, 3.8) is 0 Å². The molecule has 1 unspecified atom stereocenters. The maximum Gasteiger partial charge on any atom is 0.151 e. The van der Waals surface area contributed by atoms with Crippen molar-refractivity contribution >= 4 is 9.84 Å². The van der Waals surface area contributed by atoms with Gasteiger partial charge in [-0.2, -0.15) is 0 Å². The molecular weight excluding hydrogens is 222 g/mol. The molecule has 1 saturated carbocycles. The fourth-order valence-electron chi connectivity index (χ4n) is 3.01. The summed E-state index contributed by atoms with van der Waals surface area (Å²) in [4.78, 5) is 0. The second-order valence-corrected chi connectivity index (χ2v) is 7.51. The normalized spacial score (nSPS) is 32.9. The first-order chi connectivity index (χ1) is 7.67. The van der Waals surface area contributed by atoms with Crippen LogP contribution in [0.1, 0.15) is 44.9 Å².